The number of fused-ring (bicyclic) bond motifs is 2. The van der Waals surface area contributed by atoms with Crippen LogP contribution in [-0.2, 0) is 20.7 Å². The van der Waals surface area contributed by atoms with Gasteiger partial charge in [0.15, 0.2) is 0 Å². The highest BCUT2D eigenvalue weighted by Crippen LogP contribution is 2.52. The number of esters is 1. The lowest BCUT2D eigenvalue weighted by molar-refractivity contribution is -0.159. The molecule has 148 valence electrons. The molecular weight excluding hydrogens is 359 g/mol. The van der Waals surface area contributed by atoms with E-state index in [1.807, 2.05) is 30.3 Å². The summed E-state index contributed by atoms with van der Waals surface area (Å²) in [6.45, 7) is 1.96. The zero-order valence-electron chi connectivity index (χ0n) is 15.3. The second-order valence-corrected chi connectivity index (χ2v) is 7.41. The Balaban J connectivity index is 1.85. The van der Waals surface area contributed by atoms with Crippen LogP contribution in [0.5, 0.6) is 0 Å². The summed E-state index contributed by atoms with van der Waals surface area (Å²) in [5.41, 5.74) is 0.0783. The minimum atomic E-state index is -4.36. The molecule has 2 fully saturated rings. The highest BCUT2D eigenvalue weighted by molar-refractivity contribution is 5.84. The van der Waals surface area contributed by atoms with E-state index in [2.05, 4.69) is 0 Å². The van der Waals surface area contributed by atoms with E-state index in [1.54, 1.807) is 11.8 Å². The molecule has 2 aliphatic rings. The van der Waals surface area contributed by atoms with Gasteiger partial charge in [-0.25, -0.2) is 0 Å². The van der Waals surface area contributed by atoms with Crippen molar-refractivity contribution in [3.05, 3.63) is 35.9 Å². The number of alkyl halides is 3. The van der Waals surface area contributed by atoms with Crippen LogP contribution < -0.4 is 0 Å². The number of benzene rings is 1. The van der Waals surface area contributed by atoms with Crippen LogP contribution in [-0.4, -0.2) is 41.6 Å². The van der Waals surface area contributed by atoms with Crippen molar-refractivity contribution in [2.75, 3.05) is 6.61 Å². The van der Waals surface area contributed by atoms with Crippen LogP contribution >= 0.6 is 0 Å². The molecule has 0 radical (unpaired) electrons. The molecule has 3 rings (SSSR count). The Morgan fingerprint density at radius 3 is 2.56 bits per heavy atom. The van der Waals surface area contributed by atoms with E-state index in [4.69, 9.17) is 4.74 Å². The molecule has 0 aliphatic carbocycles. The Bertz CT molecular complexity index is 691. The monoisotopic (exact) mass is 383 g/mol. The first-order valence-corrected chi connectivity index (χ1v) is 9.36. The number of halogens is 3. The number of ether oxygens (including phenoxy) is 1. The second-order valence-electron chi connectivity index (χ2n) is 7.41. The van der Waals surface area contributed by atoms with Gasteiger partial charge in [-0.2, -0.15) is 13.2 Å². The molecule has 7 heteroatoms. The van der Waals surface area contributed by atoms with E-state index in [0.29, 0.717) is 19.3 Å². The van der Waals surface area contributed by atoms with Gasteiger partial charge in [-0.1, -0.05) is 30.3 Å². The Hall–Kier alpha value is -2.05. The number of carbonyl (C=O) groups excluding carboxylic acids is 2. The smallest absolute Gasteiger partial charge is 0.389 e. The van der Waals surface area contributed by atoms with Crippen molar-refractivity contribution < 1.29 is 27.5 Å². The van der Waals surface area contributed by atoms with Gasteiger partial charge in [0.2, 0.25) is 5.91 Å². The maximum atomic E-state index is 12.9. The fourth-order valence-electron chi connectivity index (χ4n) is 4.65. The van der Waals surface area contributed by atoms with Gasteiger partial charge in [0.1, 0.15) is 0 Å². The van der Waals surface area contributed by atoms with Crippen LogP contribution in [0.3, 0.4) is 0 Å². The summed E-state index contributed by atoms with van der Waals surface area (Å²) in [4.78, 5) is 27.0. The number of rotatable bonds is 6. The first-order chi connectivity index (χ1) is 12.8. The molecular formula is C20H24F3NO3. The Morgan fingerprint density at radius 1 is 1.22 bits per heavy atom. The van der Waals surface area contributed by atoms with Crippen molar-refractivity contribution in [1.29, 1.82) is 0 Å². The topological polar surface area (TPSA) is 46.6 Å². The van der Waals surface area contributed by atoms with Gasteiger partial charge in [0.25, 0.3) is 0 Å². The van der Waals surface area contributed by atoms with Crippen LogP contribution in [0.15, 0.2) is 30.3 Å². The summed E-state index contributed by atoms with van der Waals surface area (Å²) in [6, 6.07) is 8.90. The summed E-state index contributed by atoms with van der Waals surface area (Å²) < 4.78 is 42.9. The molecule has 1 aromatic rings. The van der Waals surface area contributed by atoms with Crippen molar-refractivity contribution >= 4 is 11.9 Å². The van der Waals surface area contributed by atoms with Crippen LogP contribution in [0.2, 0.25) is 0 Å². The molecule has 4 nitrogen and oxygen atoms in total. The second kappa shape index (κ2) is 7.52. The van der Waals surface area contributed by atoms with E-state index in [9.17, 15) is 22.8 Å². The summed E-state index contributed by atoms with van der Waals surface area (Å²) in [7, 11) is 0. The third-order valence-corrected chi connectivity index (χ3v) is 5.69. The Labute approximate surface area is 156 Å². The van der Waals surface area contributed by atoms with Crippen LogP contribution in [0, 0.1) is 5.41 Å². The normalized spacial score (nSPS) is 27.0. The first-order valence-electron chi connectivity index (χ1n) is 9.36. The maximum Gasteiger partial charge on any atom is 0.389 e. The van der Waals surface area contributed by atoms with Gasteiger partial charge in [-0.3, -0.25) is 9.59 Å². The zero-order valence-corrected chi connectivity index (χ0v) is 15.3. The summed E-state index contributed by atoms with van der Waals surface area (Å²) in [6.07, 6.45) is -3.85. The van der Waals surface area contributed by atoms with Crippen molar-refractivity contribution in [1.82, 2.24) is 4.90 Å². The first kappa shape index (κ1) is 19.7. The molecule has 1 aromatic carbocycles. The quantitative estimate of drug-likeness (QED) is 0.701. The molecule has 0 aromatic heterocycles. The standard InChI is InChI=1S/C20H24F3NO3/c1-2-27-18(26)19(12-14-6-4-3-5-7-14)13-15-8-9-16(19)24(15)17(25)10-11-20(21,22)23/h3-7,15-16H,2,8-13H2,1H3/t15-,16+,19+/m1/s1. The van der Waals surface area contributed by atoms with Crippen LogP contribution in [0.4, 0.5) is 13.2 Å². The Kier molecular flexibility index (Phi) is 5.49. The average Bonchev–Trinajstić information content (AvgIpc) is 3.16. The summed E-state index contributed by atoms with van der Waals surface area (Å²) >= 11 is 0. The number of carbonyl (C=O) groups is 2. The fraction of sp³-hybridized carbons (Fsp3) is 0.600. The lowest BCUT2D eigenvalue weighted by atomic mass is 9.70. The van der Waals surface area contributed by atoms with Gasteiger partial charge >= 0.3 is 12.1 Å². The summed E-state index contributed by atoms with van der Waals surface area (Å²) in [5, 5.41) is 0. The molecule has 0 unspecified atom stereocenters. The number of amides is 1. The minimum absolute atomic E-state index is 0.191. The van der Waals surface area contributed by atoms with Crippen molar-refractivity contribution in [2.24, 2.45) is 5.41 Å². The van der Waals surface area contributed by atoms with Gasteiger partial charge < -0.3 is 9.64 Å². The van der Waals surface area contributed by atoms with Gasteiger partial charge in [0, 0.05) is 18.5 Å². The van der Waals surface area contributed by atoms with E-state index in [-0.39, 0.29) is 18.6 Å². The van der Waals surface area contributed by atoms with E-state index in [0.717, 1.165) is 12.0 Å². The van der Waals surface area contributed by atoms with E-state index < -0.39 is 36.4 Å². The van der Waals surface area contributed by atoms with Crippen molar-refractivity contribution in [3.63, 3.8) is 0 Å². The highest BCUT2D eigenvalue weighted by Gasteiger charge is 2.61. The SMILES string of the molecule is CCOC(=O)[C@@]1(Cc2ccccc2)C[C@H]2CC[C@@H]1N2C(=O)CCC(F)(F)F. The maximum absolute atomic E-state index is 12.9. The minimum Gasteiger partial charge on any atom is -0.465 e. The fourth-order valence-corrected chi connectivity index (χ4v) is 4.65. The van der Waals surface area contributed by atoms with Crippen molar-refractivity contribution in [2.45, 2.75) is 63.7 Å². The zero-order chi connectivity index (χ0) is 19.7. The van der Waals surface area contributed by atoms with E-state index in [1.165, 1.54) is 0 Å². The summed E-state index contributed by atoms with van der Waals surface area (Å²) in [5.74, 6) is -0.867. The van der Waals surface area contributed by atoms with E-state index >= 15 is 0 Å². The van der Waals surface area contributed by atoms with Gasteiger partial charge in [-0.15, -0.1) is 0 Å². The third-order valence-electron chi connectivity index (χ3n) is 5.69. The third kappa shape index (κ3) is 3.96. The molecule has 2 saturated heterocycles. The van der Waals surface area contributed by atoms with Crippen LogP contribution in [0.25, 0.3) is 0 Å². The largest absolute Gasteiger partial charge is 0.465 e. The lowest BCUT2D eigenvalue weighted by Crippen LogP contribution is -2.47. The number of hydrogen-bond donors (Lipinski definition) is 0. The Morgan fingerprint density at radius 2 is 1.93 bits per heavy atom. The molecule has 0 spiro atoms. The molecule has 2 bridgehead atoms. The average molecular weight is 383 g/mol. The van der Waals surface area contributed by atoms with Gasteiger partial charge in [0.05, 0.1) is 18.4 Å². The number of nitrogens with zero attached hydrogens (tertiary/aromatic N) is 1. The molecule has 0 N–H and O–H groups in total. The van der Waals surface area contributed by atoms with Crippen molar-refractivity contribution in [3.8, 4) is 0 Å². The van der Waals surface area contributed by atoms with Crippen LogP contribution in [0.1, 0.15) is 44.6 Å². The molecule has 2 heterocycles. The predicted molar refractivity (Wildman–Crippen MR) is 92.8 cm³/mol. The molecule has 0 saturated carbocycles. The lowest BCUT2D eigenvalue weighted by Gasteiger charge is -2.35. The molecule has 27 heavy (non-hydrogen) atoms. The van der Waals surface area contributed by atoms with Gasteiger partial charge in [-0.05, 0) is 38.2 Å². The molecule has 3 atom stereocenters. The number of hydrogen-bond acceptors (Lipinski definition) is 3. The molecule has 2 aliphatic heterocycles. The highest BCUT2D eigenvalue weighted by atomic mass is 19.4. The predicted octanol–water partition coefficient (Wildman–Crippen LogP) is 3.88. The molecule has 1 amide bonds.